The molecule has 0 radical (unpaired) electrons. The number of aryl methyl sites for hydroxylation is 1. The number of imidazole rings is 1. The molecule has 1 aromatic carbocycles. The van der Waals surface area contributed by atoms with Crippen LogP contribution in [0.5, 0.6) is 0 Å². The number of benzene rings is 1. The highest BCUT2D eigenvalue weighted by Gasteiger charge is 2.02. The van der Waals surface area contributed by atoms with Crippen LogP contribution >= 0.6 is 0 Å². The lowest BCUT2D eigenvalue weighted by Gasteiger charge is -2.05. The molecule has 1 heterocycles. The first-order chi connectivity index (χ1) is 8.31. The number of rotatable bonds is 6. The molecule has 0 atom stereocenters. The molecular formula is C13H19N3O. The Balaban J connectivity index is 1.95. The van der Waals surface area contributed by atoms with Crippen LogP contribution in [-0.2, 0) is 11.3 Å². The summed E-state index contributed by atoms with van der Waals surface area (Å²) in [6, 6.07) is 5.83. The highest BCUT2D eigenvalue weighted by atomic mass is 16.5. The molecule has 4 nitrogen and oxygen atoms in total. The predicted octanol–water partition coefficient (Wildman–Crippen LogP) is 2.44. The Morgan fingerprint density at radius 3 is 3.06 bits per heavy atom. The van der Waals surface area contributed by atoms with Crippen LogP contribution in [0.25, 0.3) is 11.0 Å². The van der Waals surface area contributed by atoms with Crippen molar-refractivity contribution in [1.29, 1.82) is 0 Å². The summed E-state index contributed by atoms with van der Waals surface area (Å²) in [5, 5.41) is 0. The maximum atomic E-state index is 5.72. The van der Waals surface area contributed by atoms with Crippen molar-refractivity contribution in [2.75, 3.05) is 18.9 Å². The number of hydrogen-bond acceptors (Lipinski definition) is 3. The summed E-state index contributed by atoms with van der Waals surface area (Å²) < 4.78 is 7.60. The number of anilines is 1. The highest BCUT2D eigenvalue weighted by molar-refractivity contribution is 5.78. The molecule has 0 saturated heterocycles. The van der Waals surface area contributed by atoms with E-state index in [1.165, 1.54) is 0 Å². The molecule has 2 N–H and O–H groups in total. The summed E-state index contributed by atoms with van der Waals surface area (Å²) in [4.78, 5) is 4.34. The van der Waals surface area contributed by atoms with Crippen molar-refractivity contribution in [3.63, 3.8) is 0 Å². The van der Waals surface area contributed by atoms with Crippen molar-refractivity contribution in [2.45, 2.75) is 26.3 Å². The van der Waals surface area contributed by atoms with Crippen LogP contribution in [0, 0.1) is 0 Å². The van der Waals surface area contributed by atoms with E-state index in [1.54, 1.807) is 0 Å². The molecule has 4 heteroatoms. The molecule has 1 aromatic heterocycles. The molecule has 92 valence electrons. The van der Waals surface area contributed by atoms with E-state index in [0.717, 1.165) is 49.3 Å². The van der Waals surface area contributed by atoms with Crippen molar-refractivity contribution in [2.24, 2.45) is 0 Å². The second-order valence-electron chi connectivity index (χ2n) is 4.15. The fourth-order valence-corrected chi connectivity index (χ4v) is 1.84. The van der Waals surface area contributed by atoms with E-state index in [1.807, 2.05) is 24.5 Å². The summed E-state index contributed by atoms with van der Waals surface area (Å²) in [5.41, 5.74) is 8.57. The van der Waals surface area contributed by atoms with Gasteiger partial charge >= 0.3 is 0 Å². The molecule has 0 unspecified atom stereocenters. The van der Waals surface area contributed by atoms with E-state index in [4.69, 9.17) is 10.5 Å². The SMILES string of the molecule is CCCOCCCn1cnc2cc(N)ccc21. The minimum Gasteiger partial charge on any atom is -0.399 e. The first-order valence-corrected chi connectivity index (χ1v) is 6.09. The fraction of sp³-hybridized carbons (Fsp3) is 0.462. The highest BCUT2D eigenvalue weighted by Crippen LogP contribution is 2.16. The number of nitrogen functional groups attached to an aromatic ring is 1. The van der Waals surface area contributed by atoms with E-state index in [2.05, 4.69) is 16.5 Å². The predicted molar refractivity (Wildman–Crippen MR) is 69.9 cm³/mol. The van der Waals surface area contributed by atoms with Crippen LogP contribution in [0.1, 0.15) is 19.8 Å². The lowest BCUT2D eigenvalue weighted by molar-refractivity contribution is 0.129. The van der Waals surface area contributed by atoms with Gasteiger partial charge in [-0.05, 0) is 31.0 Å². The Hall–Kier alpha value is -1.55. The molecule has 0 aliphatic carbocycles. The lowest BCUT2D eigenvalue weighted by Crippen LogP contribution is -2.02. The van der Waals surface area contributed by atoms with Crippen molar-refractivity contribution in [1.82, 2.24) is 9.55 Å². The third kappa shape index (κ3) is 2.97. The molecule has 0 saturated carbocycles. The lowest BCUT2D eigenvalue weighted by atomic mass is 10.3. The van der Waals surface area contributed by atoms with Gasteiger partial charge in [0.1, 0.15) is 0 Å². The van der Waals surface area contributed by atoms with Gasteiger partial charge < -0.3 is 15.0 Å². The quantitative estimate of drug-likeness (QED) is 0.616. The second-order valence-corrected chi connectivity index (χ2v) is 4.15. The van der Waals surface area contributed by atoms with Crippen molar-refractivity contribution in [3.8, 4) is 0 Å². The van der Waals surface area contributed by atoms with E-state index < -0.39 is 0 Å². The average Bonchev–Trinajstić information content (AvgIpc) is 2.71. The minimum atomic E-state index is 0.758. The maximum absolute atomic E-state index is 5.72. The van der Waals surface area contributed by atoms with E-state index in [9.17, 15) is 0 Å². The van der Waals surface area contributed by atoms with Gasteiger partial charge in [-0.2, -0.15) is 0 Å². The number of hydrogen-bond donors (Lipinski definition) is 1. The van der Waals surface area contributed by atoms with Gasteiger partial charge in [0.15, 0.2) is 0 Å². The molecular weight excluding hydrogens is 214 g/mol. The summed E-state index contributed by atoms with van der Waals surface area (Å²) in [7, 11) is 0. The van der Waals surface area contributed by atoms with Crippen LogP contribution in [0.4, 0.5) is 5.69 Å². The van der Waals surface area contributed by atoms with Gasteiger partial charge in [0.05, 0.1) is 17.4 Å². The molecule has 0 bridgehead atoms. The Morgan fingerprint density at radius 1 is 1.35 bits per heavy atom. The van der Waals surface area contributed by atoms with Gasteiger partial charge in [0, 0.05) is 25.4 Å². The van der Waals surface area contributed by atoms with Gasteiger partial charge in [-0.1, -0.05) is 6.92 Å². The number of ether oxygens (including phenoxy) is 1. The zero-order chi connectivity index (χ0) is 12.1. The summed E-state index contributed by atoms with van der Waals surface area (Å²) in [5.74, 6) is 0. The first kappa shape index (κ1) is 11.9. The molecule has 17 heavy (non-hydrogen) atoms. The van der Waals surface area contributed by atoms with Crippen LogP contribution in [0.15, 0.2) is 24.5 Å². The minimum absolute atomic E-state index is 0.758. The Kier molecular flexibility index (Phi) is 3.98. The summed E-state index contributed by atoms with van der Waals surface area (Å²) >= 11 is 0. The third-order valence-corrected chi connectivity index (χ3v) is 2.68. The van der Waals surface area contributed by atoms with Crippen LogP contribution in [0.3, 0.4) is 0 Å². The smallest absolute Gasteiger partial charge is 0.0958 e. The Morgan fingerprint density at radius 2 is 2.24 bits per heavy atom. The van der Waals surface area contributed by atoms with Gasteiger partial charge in [-0.25, -0.2) is 4.98 Å². The van der Waals surface area contributed by atoms with Crippen molar-refractivity contribution < 1.29 is 4.74 Å². The molecule has 2 rings (SSSR count). The Labute approximate surface area is 101 Å². The monoisotopic (exact) mass is 233 g/mol. The van der Waals surface area contributed by atoms with Gasteiger partial charge in [-0.15, -0.1) is 0 Å². The van der Waals surface area contributed by atoms with Gasteiger partial charge in [0.2, 0.25) is 0 Å². The molecule has 0 aliphatic heterocycles. The van der Waals surface area contributed by atoms with Crippen LogP contribution in [0.2, 0.25) is 0 Å². The van der Waals surface area contributed by atoms with Crippen molar-refractivity contribution in [3.05, 3.63) is 24.5 Å². The molecule has 0 spiro atoms. The Bertz CT molecular complexity index is 478. The van der Waals surface area contributed by atoms with Crippen LogP contribution in [-0.4, -0.2) is 22.8 Å². The number of nitrogens with zero attached hydrogens (tertiary/aromatic N) is 2. The van der Waals surface area contributed by atoms with E-state index in [-0.39, 0.29) is 0 Å². The van der Waals surface area contributed by atoms with E-state index >= 15 is 0 Å². The number of aromatic nitrogens is 2. The number of nitrogens with two attached hydrogens (primary N) is 1. The normalized spacial score (nSPS) is 11.1. The molecule has 0 fully saturated rings. The molecule has 0 amide bonds. The van der Waals surface area contributed by atoms with Gasteiger partial charge in [-0.3, -0.25) is 0 Å². The third-order valence-electron chi connectivity index (χ3n) is 2.68. The zero-order valence-electron chi connectivity index (χ0n) is 10.2. The zero-order valence-corrected chi connectivity index (χ0v) is 10.2. The standard InChI is InChI=1S/C13H19N3O/c1-2-7-17-8-3-6-16-10-15-12-9-11(14)4-5-13(12)16/h4-5,9-10H,2-3,6-8,14H2,1H3. The number of fused-ring (bicyclic) bond motifs is 1. The van der Waals surface area contributed by atoms with Crippen molar-refractivity contribution >= 4 is 16.7 Å². The first-order valence-electron chi connectivity index (χ1n) is 6.09. The fourth-order valence-electron chi connectivity index (χ4n) is 1.84. The molecule has 2 aromatic rings. The average molecular weight is 233 g/mol. The van der Waals surface area contributed by atoms with E-state index in [0.29, 0.717) is 0 Å². The largest absolute Gasteiger partial charge is 0.399 e. The van der Waals surface area contributed by atoms with Crippen LogP contribution < -0.4 is 5.73 Å². The maximum Gasteiger partial charge on any atom is 0.0958 e. The topological polar surface area (TPSA) is 53.1 Å². The molecule has 0 aliphatic rings. The summed E-state index contributed by atoms with van der Waals surface area (Å²) in [6.45, 7) is 4.71. The van der Waals surface area contributed by atoms with Gasteiger partial charge in [0.25, 0.3) is 0 Å². The second kappa shape index (κ2) is 5.68. The summed E-state index contributed by atoms with van der Waals surface area (Å²) in [6.07, 6.45) is 3.95.